The third-order valence-electron chi connectivity index (χ3n) is 4.95. The van der Waals surface area contributed by atoms with Crippen LogP contribution in [-0.4, -0.2) is 48.1 Å². The highest BCUT2D eigenvalue weighted by Gasteiger charge is 2.16. The summed E-state index contributed by atoms with van der Waals surface area (Å²) in [5.41, 5.74) is 6.55. The molecule has 5 nitrogen and oxygen atoms in total. The monoisotopic (exact) mass is 339 g/mol. The molecule has 5 heteroatoms. The fraction of sp³-hybridized carbons (Fsp3) is 0.500. The lowest BCUT2D eigenvalue weighted by atomic mass is 10.00. The number of benzene rings is 1. The fourth-order valence-electron chi connectivity index (χ4n) is 3.43. The van der Waals surface area contributed by atoms with E-state index in [1.54, 1.807) is 0 Å². The van der Waals surface area contributed by atoms with E-state index in [-0.39, 0.29) is 0 Å². The molecule has 134 valence electrons. The summed E-state index contributed by atoms with van der Waals surface area (Å²) in [4.78, 5) is 13.7. The average Bonchev–Trinajstić information content (AvgIpc) is 2.58. The van der Waals surface area contributed by atoms with Crippen molar-refractivity contribution in [2.24, 2.45) is 0 Å². The van der Waals surface area contributed by atoms with Crippen LogP contribution in [0, 0.1) is 20.8 Å². The van der Waals surface area contributed by atoms with Gasteiger partial charge in [-0.2, -0.15) is 0 Å². The zero-order valence-electron chi connectivity index (χ0n) is 15.8. The van der Waals surface area contributed by atoms with Gasteiger partial charge in [0.05, 0.1) is 0 Å². The van der Waals surface area contributed by atoms with Gasteiger partial charge in [-0.3, -0.25) is 0 Å². The molecule has 0 atom stereocenters. The predicted octanol–water partition coefficient (Wildman–Crippen LogP) is 2.44. The van der Waals surface area contributed by atoms with Crippen LogP contribution in [0.3, 0.4) is 0 Å². The van der Waals surface area contributed by atoms with Crippen LogP contribution < -0.4 is 10.2 Å². The van der Waals surface area contributed by atoms with Crippen molar-refractivity contribution in [2.45, 2.75) is 33.9 Å². The lowest BCUT2D eigenvalue weighted by Crippen LogP contribution is -2.45. The Morgan fingerprint density at radius 3 is 2.12 bits per heavy atom. The van der Waals surface area contributed by atoms with Crippen molar-refractivity contribution in [2.75, 3.05) is 38.1 Å². The summed E-state index contributed by atoms with van der Waals surface area (Å²) in [7, 11) is 2.16. The van der Waals surface area contributed by atoms with Gasteiger partial charge in [0.1, 0.15) is 0 Å². The largest absolute Gasteiger partial charge is 0.338 e. The number of nitrogens with one attached hydrogen (secondary N) is 1. The first-order valence-electron chi connectivity index (χ1n) is 9.05. The first-order valence-corrected chi connectivity index (χ1v) is 9.05. The van der Waals surface area contributed by atoms with Crippen LogP contribution in [0.15, 0.2) is 24.5 Å². The van der Waals surface area contributed by atoms with Crippen LogP contribution in [0.4, 0.5) is 5.95 Å². The Balaban J connectivity index is 1.54. The number of aryl methyl sites for hydroxylation is 3. The first kappa shape index (κ1) is 17.8. The maximum Gasteiger partial charge on any atom is 0.225 e. The summed E-state index contributed by atoms with van der Waals surface area (Å²) in [6, 6.07) is 4.50. The second-order valence-corrected chi connectivity index (χ2v) is 7.16. The summed E-state index contributed by atoms with van der Waals surface area (Å²) in [5, 5.41) is 3.52. The van der Waals surface area contributed by atoms with Crippen LogP contribution >= 0.6 is 0 Å². The van der Waals surface area contributed by atoms with Gasteiger partial charge in [0.25, 0.3) is 0 Å². The maximum atomic E-state index is 4.56. The smallest absolute Gasteiger partial charge is 0.225 e. The molecule has 0 amide bonds. The summed E-state index contributed by atoms with van der Waals surface area (Å²) >= 11 is 0. The van der Waals surface area contributed by atoms with E-state index in [0.717, 1.165) is 50.8 Å². The molecule has 0 radical (unpaired) electrons. The van der Waals surface area contributed by atoms with Crippen molar-refractivity contribution in [3.8, 4) is 0 Å². The Morgan fingerprint density at radius 1 is 0.920 bits per heavy atom. The number of nitrogens with zero attached hydrogens (tertiary/aromatic N) is 4. The SMILES string of the molecule is Cc1cc(C)c(CNCc2cnc(N3CCN(C)CC3)nc2)c(C)c1. The van der Waals surface area contributed by atoms with E-state index in [1.807, 2.05) is 12.4 Å². The molecule has 1 N–H and O–H groups in total. The molecule has 1 saturated heterocycles. The predicted molar refractivity (Wildman–Crippen MR) is 103 cm³/mol. The van der Waals surface area contributed by atoms with Crippen molar-refractivity contribution in [1.29, 1.82) is 0 Å². The number of hydrogen-bond donors (Lipinski definition) is 1. The molecular weight excluding hydrogens is 310 g/mol. The minimum absolute atomic E-state index is 0.787. The van der Waals surface area contributed by atoms with Crippen LogP contribution in [0.2, 0.25) is 0 Å². The molecular formula is C20H29N5. The Labute approximate surface area is 151 Å². The van der Waals surface area contributed by atoms with E-state index in [9.17, 15) is 0 Å². The standard InChI is InChI=1S/C20H29N5/c1-15-9-16(2)19(17(3)10-15)14-21-11-18-12-22-20(23-13-18)25-7-5-24(4)6-8-25/h9-10,12-13,21H,5-8,11,14H2,1-4H3. The molecule has 3 rings (SSSR count). The van der Waals surface area contributed by atoms with E-state index >= 15 is 0 Å². The van der Waals surface area contributed by atoms with Crippen molar-refractivity contribution in [3.63, 3.8) is 0 Å². The lowest BCUT2D eigenvalue weighted by molar-refractivity contribution is 0.311. The summed E-state index contributed by atoms with van der Waals surface area (Å²) in [5.74, 6) is 0.849. The first-order chi connectivity index (χ1) is 12.0. The number of piperazine rings is 1. The Kier molecular flexibility index (Phi) is 5.66. The highest BCUT2D eigenvalue weighted by molar-refractivity contribution is 5.37. The Bertz CT molecular complexity index is 680. The van der Waals surface area contributed by atoms with Gasteiger partial charge in [-0.1, -0.05) is 17.7 Å². The minimum atomic E-state index is 0.787. The highest BCUT2D eigenvalue weighted by atomic mass is 15.3. The number of likely N-dealkylation sites (N-methyl/N-ethyl adjacent to an activating group) is 1. The number of rotatable bonds is 5. The van der Waals surface area contributed by atoms with Crippen LogP contribution in [0.1, 0.15) is 27.8 Å². The molecule has 1 aromatic heterocycles. The number of aromatic nitrogens is 2. The molecule has 1 aliphatic rings. The summed E-state index contributed by atoms with van der Waals surface area (Å²) in [6.45, 7) is 12.3. The minimum Gasteiger partial charge on any atom is -0.338 e. The number of hydrogen-bond acceptors (Lipinski definition) is 5. The lowest BCUT2D eigenvalue weighted by Gasteiger charge is -2.32. The van der Waals surface area contributed by atoms with Crippen molar-refractivity contribution >= 4 is 5.95 Å². The molecule has 1 aliphatic heterocycles. The van der Waals surface area contributed by atoms with Gasteiger partial charge in [0, 0.05) is 57.2 Å². The van der Waals surface area contributed by atoms with Gasteiger partial charge in [-0.15, -0.1) is 0 Å². The molecule has 0 bridgehead atoms. The topological polar surface area (TPSA) is 44.3 Å². The van der Waals surface area contributed by atoms with Crippen molar-refractivity contribution in [3.05, 3.63) is 52.3 Å². The van der Waals surface area contributed by atoms with Crippen molar-refractivity contribution in [1.82, 2.24) is 20.2 Å². The van der Waals surface area contributed by atoms with Crippen LogP contribution in [0.25, 0.3) is 0 Å². The highest BCUT2D eigenvalue weighted by Crippen LogP contribution is 2.16. The summed E-state index contributed by atoms with van der Waals surface area (Å²) in [6.07, 6.45) is 3.89. The van der Waals surface area contributed by atoms with E-state index in [1.165, 1.54) is 22.3 Å². The van der Waals surface area contributed by atoms with Crippen molar-refractivity contribution < 1.29 is 0 Å². The molecule has 0 spiro atoms. The van der Waals surface area contributed by atoms with Gasteiger partial charge in [-0.25, -0.2) is 9.97 Å². The molecule has 25 heavy (non-hydrogen) atoms. The normalized spacial score (nSPS) is 15.6. The quantitative estimate of drug-likeness (QED) is 0.906. The molecule has 2 aromatic rings. The number of anilines is 1. The van der Waals surface area contributed by atoms with Gasteiger partial charge in [0.2, 0.25) is 5.95 Å². The van der Waals surface area contributed by atoms with Gasteiger partial charge < -0.3 is 15.1 Å². The Morgan fingerprint density at radius 2 is 1.52 bits per heavy atom. The molecule has 2 heterocycles. The third-order valence-corrected chi connectivity index (χ3v) is 4.95. The average molecular weight is 339 g/mol. The molecule has 1 fully saturated rings. The van der Waals surface area contributed by atoms with E-state index < -0.39 is 0 Å². The fourth-order valence-corrected chi connectivity index (χ4v) is 3.43. The van der Waals surface area contributed by atoms with Gasteiger partial charge in [-0.05, 0) is 44.5 Å². The molecule has 1 aromatic carbocycles. The van der Waals surface area contributed by atoms with E-state index in [2.05, 4.69) is 65.0 Å². The molecule has 0 aliphatic carbocycles. The molecule has 0 saturated carbocycles. The van der Waals surface area contributed by atoms with Crippen LogP contribution in [0.5, 0.6) is 0 Å². The third kappa shape index (κ3) is 4.55. The van der Waals surface area contributed by atoms with Crippen LogP contribution in [-0.2, 0) is 13.1 Å². The summed E-state index contributed by atoms with van der Waals surface area (Å²) < 4.78 is 0. The molecule has 0 unspecified atom stereocenters. The zero-order valence-corrected chi connectivity index (χ0v) is 15.8. The second kappa shape index (κ2) is 7.93. The van der Waals surface area contributed by atoms with E-state index in [4.69, 9.17) is 0 Å². The van der Waals surface area contributed by atoms with Gasteiger partial charge in [0.15, 0.2) is 0 Å². The zero-order chi connectivity index (χ0) is 17.8. The Hall–Kier alpha value is -1.98. The van der Waals surface area contributed by atoms with E-state index in [0.29, 0.717) is 0 Å². The second-order valence-electron chi connectivity index (χ2n) is 7.16. The maximum absolute atomic E-state index is 4.56. The van der Waals surface area contributed by atoms with Gasteiger partial charge >= 0.3 is 0 Å².